The van der Waals surface area contributed by atoms with Gasteiger partial charge in [0, 0.05) is 6.54 Å². The molecule has 0 spiro atoms. The number of rotatable bonds is 5. The van der Waals surface area contributed by atoms with Crippen molar-refractivity contribution in [3.8, 4) is 0 Å². The molecule has 0 aromatic carbocycles. The molecule has 1 aliphatic carbocycles. The first kappa shape index (κ1) is 16.0. The first-order chi connectivity index (χ1) is 9.47. The maximum Gasteiger partial charge on any atom is 0.0922 e. The van der Waals surface area contributed by atoms with E-state index in [1.54, 1.807) is 11.3 Å². The molecule has 1 aromatic heterocycles. The van der Waals surface area contributed by atoms with Gasteiger partial charge in [-0.15, -0.1) is 0 Å². The van der Waals surface area contributed by atoms with Crippen molar-refractivity contribution in [1.29, 1.82) is 0 Å². The normalized spacial score (nSPS) is 25.6. The summed E-state index contributed by atoms with van der Waals surface area (Å²) in [6, 6.07) is 2.01. The van der Waals surface area contributed by atoms with Gasteiger partial charge in [-0.2, -0.15) is 11.3 Å². The lowest BCUT2D eigenvalue weighted by atomic mass is 9.70. The predicted molar refractivity (Wildman–Crippen MR) is 87.1 cm³/mol. The number of hydrogen-bond acceptors (Lipinski definition) is 3. The predicted octanol–water partition coefficient (Wildman–Crippen LogP) is 4.22. The molecule has 2 rings (SSSR count). The van der Waals surface area contributed by atoms with Crippen LogP contribution in [0.3, 0.4) is 0 Å². The van der Waals surface area contributed by atoms with Gasteiger partial charge in [0.1, 0.15) is 0 Å². The van der Waals surface area contributed by atoms with Gasteiger partial charge in [-0.05, 0) is 71.9 Å². The quantitative estimate of drug-likeness (QED) is 0.852. The SMILES string of the molecule is CC(C)(C)C1CCC(CNCC(O)c2ccsc2)CC1. The maximum absolute atomic E-state index is 10.0. The van der Waals surface area contributed by atoms with Crippen LogP contribution in [0, 0.1) is 17.3 Å². The van der Waals surface area contributed by atoms with E-state index in [0.717, 1.165) is 23.9 Å². The standard InChI is InChI=1S/C17H29NOS/c1-17(2,3)15-6-4-13(5-7-15)10-18-11-16(19)14-8-9-20-12-14/h8-9,12-13,15-16,18-19H,4-7,10-11H2,1-3H3. The molecule has 0 aliphatic heterocycles. The van der Waals surface area contributed by atoms with E-state index in [2.05, 4.69) is 26.1 Å². The van der Waals surface area contributed by atoms with Gasteiger partial charge in [-0.1, -0.05) is 20.8 Å². The van der Waals surface area contributed by atoms with E-state index in [-0.39, 0.29) is 6.10 Å². The summed E-state index contributed by atoms with van der Waals surface area (Å²) in [5.41, 5.74) is 1.51. The molecule has 20 heavy (non-hydrogen) atoms. The van der Waals surface area contributed by atoms with Gasteiger partial charge in [-0.3, -0.25) is 0 Å². The molecule has 2 nitrogen and oxygen atoms in total. The van der Waals surface area contributed by atoms with Crippen LogP contribution in [0.15, 0.2) is 16.8 Å². The minimum atomic E-state index is -0.354. The zero-order valence-corrected chi connectivity index (χ0v) is 13.9. The van der Waals surface area contributed by atoms with Crippen molar-refractivity contribution in [3.05, 3.63) is 22.4 Å². The van der Waals surface area contributed by atoms with Gasteiger partial charge in [0.05, 0.1) is 6.10 Å². The molecule has 0 radical (unpaired) electrons. The summed E-state index contributed by atoms with van der Waals surface area (Å²) in [6.07, 6.45) is 5.05. The Labute approximate surface area is 127 Å². The first-order valence-electron chi connectivity index (χ1n) is 7.87. The van der Waals surface area contributed by atoms with Crippen molar-refractivity contribution in [2.24, 2.45) is 17.3 Å². The molecule has 1 saturated carbocycles. The van der Waals surface area contributed by atoms with E-state index >= 15 is 0 Å². The molecule has 114 valence electrons. The molecule has 0 saturated heterocycles. The van der Waals surface area contributed by atoms with Crippen LogP contribution in [0.2, 0.25) is 0 Å². The highest BCUT2D eigenvalue weighted by atomic mass is 32.1. The van der Waals surface area contributed by atoms with Crippen molar-refractivity contribution < 1.29 is 5.11 Å². The summed E-state index contributed by atoms with van der Waals surface area (Å²) < 4.78 is 0. The maximum atomic E-state index is 10.0. The van der Waals surface area contributed by atoms with E-state index in [0.29, 0.717) is 12.0 Å². The third-order valence-corrected chi connectivity index (χ3v) is 5.47. The third kappa shape index (κ3) is 4.57. The van der Waals surface area contributed by atoms with Crippen LogP contribution >= 0.6 is 11.3 Å². The summed E-state index contributed by atoms with van der Waals surface area (Å²) in [4.78, 5) is 0. The molecular formula is C17H29NOS. The average Bonchev–Trinajstić information content (AvgIpc) is 2.92. The van der Waals surface area contributed by atoms with E-state index in [1.807, 2.05) is 16.8 Å². The number of aliphatic hydroxyl groups excluding tert-OH is 1. The Morgan fingerprint density at radius 2 is 2.00 bits per heavy atom. The van der Waals surface area contributed by atoms with Crippen molar-refractivity contribution in [3.63, 3.8) is 0 Å². The van der Waals surface area contributed by atoms with Crippen molar-refractivity contribution >= 4 is 11.3 Å². The lowest BCUT2D eigenvalue weighted by molar-refractivity contribution is 0.141. The molecule has 3 heteroatoms. The van der Waals surface area contributed by atoms with Crippen LogP contribution in [-0.4, -0.2) is 18.2 Å². The third-order valence-electron chi connectivity index (χ3n) is 4.77. The second-order valence-corrected chi connectivity index (χ2v) is 8.09. The molecule has 2 N–H and O–H groups in total. The van der Waals surface area contributed by atoms with E-state index in [9.17, 15) is 5.11 Å². The Morgan fingerprint density at radius 3 is 2.55 bits per heavy atom. The van der Waals surface area contributed by atoms with Crippen LogP contribution in [0.4, 0.5) is 0 Å². The average molecular weight is 295 g/mol. The van der Waals surface area contributed by atoms with Crippen molar-refractivity contribution in [2.45, 2.75) is 52.6 Å². The minimum absolute atomic E-state index is 0.354. The fourth-order valence-corrected chi connectivity index (χ4v) is 3.95. The molecule has 0 amide bonds. The van der Waals surface area contributed by atoms with Crippen LogP contribution in [0.1, 0.15) is 58.1 Å². The molecule has 1 aromatic rings. The minimum Gasteiger partial charge on any atom is -0.387 e. The summed E-state index contributed by atoms with van der Waals surface area (Å²) in [6.45, 7) is 8.84. The second-order valence-electron chi connectivity index (χ2n) is 7.31. The van der Waals surface area contributed by atoms with Gasteiger partial charge in [-0.25, -0.2) is 0 Å². The Hall–Kier alpha value is -0.380. The van der Waals surface area contributed by atoms with E-state index in [4.69, 9.17) is 0 Å². The van der Waals surface area contributed by atoms with Gasteiger partial charge in [0.15, 0.2) is 0 Å². The summed E-state index contributed by atoms with van der Waals surface area (Å²) in [7, 11) is 0. The highest BCUT2D eigenvalue weighted by Crippen LogP contribution is 2.39. The van der Waals surface area contributed by atoms with Gasteiger partial charge < -0.3 is 10.4 Å². The summed E-state index contributed by atoms with van der Waals surface area (Å²) in [5.74, 6) is 1.68. The molecule has 0 bridgehead atoms. The van der Waals surface area contributed by atoms with Gasteiger partial charge >= 0.3 is 0 Å². The fourth-order valence-electron chi connectivity index (χ4n) is 3.24. The summed E-state index contributed by atoms with van der Waals surface area (Å²) in [5, 5.41) is 17.5. The number of nitrogens with one attached hydrogen (secondary N) is 1. The highest BCUT2D eigenvalue weighted by molar-refractivity contribution is 7.07. The molecule has 1 heterocycles. The highest BCUT2D eigenvalue weighted by Gasteiger charge is 2.29. The fraction of sp³-hybridized carbons (Fsp3) is 0.765. The molecule has 1 atom stereocenters. The Kier molecular flexibility index (Phi) is 5.65. The molecular weight excluding hydrogens is 266 g/mol. The van der Waals surface area contributed by atoms with Crippen LogP contribution in [0.25, 0.3) is 0 Å². The molecule has 1 aliphatic rings. The first-order valence-corrected chi connectivity index (χ1v) is 8.82. The smallest absolute Gasteiger partial charge is 0.0922 e. The zero-order chi connectivity index (χ0) is 14.6. The number of hydrogen-bond donors (Lipinski definition) is 2. The van der Waals surface area contributed by atoms with Gasteiger partial charge in [0.25, 0.3) is 0 Å². The van der Waals surface area contributed by atoms with Crippen LogP contribution < -0.4 is 5.32 Å². The van der Waals surface area contributed by atoms with E-state index in [1.165, 1.54) is 25.7 Å². The number of aliphatic hydroxyl groups is 1. The Morgan fingerprint density at radius 1 is 1.30 bits per heavy atom. The topological polar surface area (TPSA) is 32.3 Å². The van der Waals surface area contributed by atoms with Crippen LogP contribution in [0.5, 0.6) is 0 Å². The summed E-state index contributed by atoms with van der Waals surface area (Å²) >= 11 is 1.64. The van der Waals surface area contributed by atoms with Gasteiger partial charge in [0.2, 0.25) is 0 Å². The lowest BCUT2D eigenvalue weighted by Crippen LogP contribution is -2.32. The lowest BCUT2D eigenvalue weighted by Gasteiger charge is -2.37. The van der Waals surface area contributed by atoms with Crippen LogP contribution in [-0.2, 0) is 0 Å². The molecule has 1 fully saturated rings. The largest absolute Gasteiger partial charge is 0.387 e. The Balaban J connectivity index is 1.64. The number of thiophene rings is 1. The van der Waals surface area contributed by atoms with Crippen molar-refractivity contribution in [1.82, 2.24) is 5.32 Å². The Bertz CT molecular complexity index is 374. The van der Waals surface area contributed by atoms with E-state index < -0.39 is 0 Å². The molecule has 1 unspecified atom stereocenters. The van der Waals surface area contributed by atoms with Crippen molar-refractivity contribution in [2.75, 3.05) is 13.1 Å². The second kappa shape index (κ2) is 7.06. The zero-order valence-electron chi connectivity index (χ0n) is 13.1. The monoisotopic (exact) mass is 295 g/mol.